The molecule has 0 fully saturated rings. The Hall–Kier alpha value is -2.44. The summed E-state index contributed by atoms with van der Waals surface area (Å²) in [4.78, 5) is 19.6. The van der Waals surface area contributed by atoms with Gasteiger partial charge in [0, 0.05) is 10.0 Å². The van der Waals surface area contributed by atoms with Gasteiger partial charge >= 0.3 is 0 Å². The molecule has 0 radical (unpaired) electrons. The van der Waals surface area contributed by atoms with Gasteiger partial charge in [0.15, 0.2) is 5.13 Å². The molecule has 4 rings (SSSR count). The van der Waals surface area contributed by atoms with E-state index in [0.29, 0.717) is 23.0 Å². The number of nitrogens with zero attached hydrogens (tertiary/aromatic N) is 2. The highest BCUT2D eigenvalue weighted by atomic mass is 79.9. The first kappa shape index (κ1) is 17.0. The van der Waals surface area contributed by atoms with Crippen LogP contribution >= 0.6 is 27.3 Å². The van der Waals surface area contributed by atoms with Gasteiger partial charge in [0.05, 0.1) is 23.0 Å². The molecule has 4 aromatic rings. The van der Waals surface area contributed by atoms with E-state index in [4.69, 9.17) is 9.40 Å². The summed E-state index contributed by atoms with van der Waals surface area (Å²) < 4.78 is 7.46. The van der Waals surface area contributed by atoms with E-state index in [1.54, 1.807) is 23.3 Å². The number of fused-ring (bicyclic) bond motifs is 1. The molecule has 0 spiro atoms. The van der Waals surface area contributed by atoms with Crippen molar-refractivity contribution < 1.29 is 9.21 Å². The van der Waals surface area contributed by atoms with Gasteiger partial charge in [0.25, 0.3) is 5.91 Å². The Balaban J connectivity index is 1.77. The maximum atomic E-state index is 13.2. The van der Waals surface area contributed by atoms with Crippen LogP contribution in [-0.4, -0.2) is 10.9 Å². The summed E-state index contributed by atoms with van der Waals surface area (Å²) in [6.45, 7) is 2.36. The van der Waals surface area contributed by atoms with Gasteiger partial charge in [-0.05, 0) is 55.0 Å². The van der Waals surface area contributed by atoms with Crippen molar-refractivity contribution in [2.75, 3.05) is 4.90 Å². The van der Waals surface area contributed by atoms with Crippen molar-refractivity contribution in [1.29, 1.82) is 0 Å². The summed E-state index contributed by atoms with van der Waals surface area (Å²) in [6, 6.07) is 17.1. The Morgan fingerprint density at radius 1 is 1.15 bits per heavy atom. The Kier molecular flexibility index (Phi) is 4.61. The summed E-state index contributed by atoms with van der Waals surface area (Å²) in [6.07, 6.45) is 1.61. The normalized spacial score (nSPS) is 11.0. The minimum atomic E-state index is -0.106. The number of thiazole rings is 1. The number of rotatable bonds is 4. The van der Waals surface area contributed by atoms with E-state index in [9.17, 15) is 4.79 Å². The number of hydrogen-bond donors (Lipinski definition) is 0. The first-order valence-corrected chi connectivity index (χ1v) is 9.69. The summed E-state index contributed by atoms with van der Waals surface area (Å²) >= 11 is 4.92. The fraction of sp³-hybridized carbons (Fsp3) is 0.100. The Morgan fingerprint density at radius 3 is 2.65 bits per heavy atom. The second-order valence-corrected chi connectivity index (χ2v) is 7.82. The molecule has 0 aliphatic carbocycles. The van der Waals surface area contributed by atoms with Gasteiger partial charge < -0.3 is 4.42 Å². The van der Waals surface area contributed by atoms with Gasteiger partial charge in [-0.15, -0.1) is 0 Å². The summed E-state index contributed by atoms with van der Waals surface area (Å²) in [5.74, 6) is 0.608. The number of halogens is 1. The number of carbonyl (C=O) groups is 1. The van der Waals surface area contributed by atoms with Gasteiger partial charge in [-0.2, -0.15) is 0 Å². The highest BCUT2D eigenvalue weighted by Crippen LogP contribution is 2.32. The number of amides is 1. The molecule has 6 heteroatoms. The van der Waals surface area contributed by atoms with Crippen LogP contribution in [0.2, 0.25) is 0 Å². The van der Waals surface area contributed by atoms with Crippen LogP contribution in [0.4, 0.5) is 5.13 Å². The number of aromatic nitrogens is 1. The van der Waals surface area contributed by atoms with E-state index < -0.39 is 0 Å². The van der Waals surface area contributed by atoms with Crippen molar-refractivity contribution in [3.8, 4) is 0 Å². The maximum Gasteiger partial charge on any atom is 0.260 e. The minimum Gasteiger partial charge on any atom is -0.467 e. The molecular formula is C20H15BrN2O2S. The third kappa shape index (κ3) is 3.30. The third-order valence-corrected chi connectivity index (χ3v) is 5.64. The maximum absolute atomic E-state index is 13.2. The third-order valence-electron chi connectivity index (χ3n) is 4.07. The van der Waals surface area contributed by atoms with Crippen LogP contribution in [0.3, 0.4) is 0 Å². The lowest BCUT2D eigenvalue weighted by Crippen LogP contribution is -2.30. The predicted octanol–water partition coefficient (Wildman–Crippen LogP) is 5.81. The Morgan fingerprint density at radius 2 is 1.96 bits per heavy atom. The number of anilines is 1. The largest absolute Gasteiger partial charge is 0.467 e. The van der Waals surface area contributed by atoms with E-state index >= 15 is 0 Å². The zero-order valence-corrected chi connectivity index (χ0v) is 16.4. The van der Waals surface area contributed by atoms with Gasteiger partial charge in [-0.3, -0.25) is 9.69 Å². The van der Waals surface area contributed by atoms with Crippen LogP contribution in [0, 0.1) is 6.92 Å². The molecule has 0 N–H and O–H groups in total. The van der Waals surface area contributed by atoms with E-state index in [2.05, 4.69) is 15.9 Å². The standard InChI is InChI=1S/C20H15BrN2O2S/c1-13-4-2-6-17-18(13)22-20(26-17)23(12-16-5-3-11-25-16)19(24)14-7-9-15(21)10-8-14/h2-11H,12H2,1H3. The van der Waals surface area contributed by atoms with Crippen molar-refractivity contribution in [2.45, 2.75) is 13.5 Å². The topological polar surface area (TPSA) is 46.3 Å². The van der Waals surface area contributed by atoms with Crippen LogP contribution in [0.25, 0.3) is 10.2 Å². The number of furan rings is 1. The van der Waals surface area contributed by atoms with E-state index in [-0.39, 0.29) is 5.91 Å². The first-order valence-electron chi connectivity index (χ1n) is 8.08. The molecule has 2 aromatic heterocycles. The average Bonchev–Trinajstić information content (AvgIpc) is 3.30. The molecular weight excluding hydrogens is 412 g/mol. The number of para-hydroxylation sites is 1. The fourth-order valence-electron chi connectivity index (χ4n) is 2.72. The smallest absolute Gasteiger partial charge is 0.260 e. The summed E-state index contributed by atoms with van der Waals surface area (Å²) in [7, 11) is 0. The molecule has 130 valence electrons. The lowest BCUT2D eigenvalue weighted by Gasteiger charge is -2.18. The molecule has 2 aromatic carbocycles. The Labute approximate surface area is 163 Å². The first-order chi connectivity index (χ1) is 12.6. The molecule has 0 bridgehead atoms. The fourth-order valence-corrected chi connectivity index (χ4v) is 4.03. The van der Waals surface area contributed by atoms with E-state index in [0.717, 1.165) is 20.3 Å². The van der Waals surface area contributed by atoms with Gasteiger partial charge in [0.2, 0.25) is 0 Å². The van der Waals surface area contributed by atoms with Crippen molar-refractivity contribution in [1.82, 2.24) is 4.98 Å². The zero-order valence-electron chi connectivity index (χ0n) is 14.0. The molecule has 0 aliphatic heterocycles. The molecule has 0 saturated heterocycles. The SMILES string of the molecule is Cc1cccc2sc(N(Cc3ccco3)C(=O)c3ccc(Br)cc3)nc12. The van der Waals surface area contributed by atoms with Crippen molar-refractivity contribution in [3.05, 3.63) is 82.2 Å². The van der Waals surface area contributed by atoms with Crippen molar-refractivity contribution >= 4 is 48.5 Å². The minimum absolute atomic E-state index is 0.106. The predicted molar refractivity (Wildman–Crippen MR) is 108 cm³/mol. The second-order valence-electron chi connectivity index (χ2n) is 5.90. The van der Waals surface area contributed by atoms with E-state index in [1.807, 2.05) is 49.4 Å². The second kappa shape index (κ2) is 7.05. The van der Waals surface area contributed by atoms with Crippen LogP contribution < -0.4 is 4.90 Å². The molecule has 0 atom stereocenters. The lowest BCUT2D eigenvalue weighted by atomic mass is 10.2. The van der Waals surface area contributed by atoms with Gasteiger partial charge in [-0.25, -0.2) is 4.98 Å². The summed E-state index contributed by atoms with van der Waals surface area (Å²) in [5.41, 5.74) is 2.63. The zero-order chi connectivity index (χ0) is 18.1. The van der Waals surface area contributed by atoms with Crippen molar-refractivity contribution in [2.24, 2.45) is 0 Å². The molecule has 0 unspecified atom stereocenters. The van der Waals surface area contributed by atoms with Gasteiger partial charge in [-0.1, -0.05) is 39.4 Å². The summed E-state index contributed by atoms with van der Waals surface area (Å²) in [5, 5.41) is 0.665. The van der Waals surface area contributed by atoms with Crippen LogP contribution in [0.15, 0.2) is 69.8 Å². The average molecular weight is 427 g/mol. The monoisotopic (exact) mass is 426 g/mol. The number of hydrogen-bond acceptors (Lipinski definition) is 4. The van der Waals surface area contributed by atoms with E-state index in [1.165, 1.54) is 11.3 Å². The van der Waals surface area contributed by atoms with Crippen LogP contribution in [0.5, 0.6) is 0 Å². The molecule has 26 heavy (non-hydrogen) atoms. The number of aryl methyl sites for hydroxylation is 1. The van der Waals surface area contributed by atoms with Crippen LogP contribution in [-0.2, 0) is 6.54 Å². The molecule has 1 amide bonds. The van der Waals surface area contributed by atoms with Crippen molar-refractivity contribution in [3.63, 3.8) is 0 Å². The molecule has 0 saturated carbocycles. The van der Waals surface area contributed by atoms with Crippen LogP contribution in [0.1, 0.15) is 21.7 Å². The highest BCUT2D eigenvalue weighted by Gasteiger charge is 2.23. The molecule has 4 nitrogen and oxygen atoms in total. The number of carbonyl (C=O) groups excluding carboxylic acids is 1. The lowest BCUT2D eigenvalue weighted by molar-refractivity contribution is 0.0983. The van der Waals surface area contributed by atoms with Gasteiger partial charge in [0.1, 0.15) is 5.76 Å². The highest BCUT2D eigenvalue weighted by molar-refractivity contribution is 9.10. The Bertz CT molecular complexity index is 1060. The number of benzene rings is 2. The molecule has 0 aliphatic rings. The quantitative estimate of drug-likeness (QED) is 0.413. The molecule has 2 heterocycles.